The number of nitrogens with one attached hydrogen (secondary N) is 1. The molecule has 0 amide bonds. The molecule has 1 atom stereocenters. The molecule has 0 aromatic carbocycles. The summed E-state index contributed by atoms with van der Waals surface area (Å²) in [5.41, 5.74) is 2.11. The minimum absolute atomic E-state index is 0.626. The molecule has 1 aromatic rings. The largest absolute Gasteiger partial charge is 0.357 e. The predicted molar refractivity (Wildman–Crippen MR) is 57.1 cm³/mol. The second kappa shape index (κ2) is 2.86. The van der Waals surface area contributed by atoms with E-state index in [2.05, 4.69) is 35.4 Å². The van der Waals surface area contributed by atoms with Gasteiger partial charge in [0, 0.05) is 37.4 Å². The Hall–Kier alpha value is -0.760. The van der Waals surface area contributed by atoms with Gasteiger partial charge in [-0.3, -0.25) is 0 Å². The van der Waals surface area contributed by atoms with Crippen molar-refractivity contribution in [2.45, 2.75) is 31.7 Å². The SMILES string of the molecule is Cn1ccc(C2NCC23CCCC3)c1. The quantitative estimate of drug-likeness (QED) is 0.718. The number of aryl methyl sites for hydroxylation is 1. The third-order valence-corrected chi connectivity index (χ3v) is 4.06. The lowest BCUT2D eigenvalue weighted by atomic mass is 9.70. The van der Waals surface area contributed by atoms with Gasteiger partial charge < -0.3 is 9.88 Å². The van der Waals surface area contributed by atoms with Gasteiger partial charge in [0.2, 0.25) is 0 Å². The summed E-state index contributed by atoms with van der Waals surface area (Å²) in [4.78, 5) is 0. The van der Waals surface area contributed by atoms with Crippen LogP contribution in [0.1, 0.15) is 37.3 Å². The Bertz CT molecular complexity index is 334. The molecule has 1 aliphatic heterocycles. The maximum Gasteiger partial charge on any atom is 0.0404 e. The average Bonchev–Trinajstić information content (AvgIpc) is 2.73. The highest BCUT2D eigenvalue weighted by molar-refractivity contribution is 5.23. The molecule has 0 radical (unpaired) electrons. The Morgan fingerprint density at radius 3 is 2.71 bits per heavy atom. The van der Waals surface area contributed by atoms with Gasteiger partial charge in [0.1, 0.15) is 0 Å². The summed E-state index contributed by atoms with van der Waals surface area (Å²) in [6.45, 7) is 1.24. The van der Waals surface area contributed by atoms with E-state index in [9.17, 15) is 0 Å². The van der Waals surface area contributed by atoms with E-state index in [0.29, 0.717) is 11.5 Å². The zero-order chi connectivity index (χ0) is 9.60. The first kappa shape index (κ1) is 8.54. The second-order valence-corrected chi connectivity index (χ2v) is 4.99. The number of aromatic nitrogens is 1. The summed E-state index contributed by atoms with van der Waals surface area (Å²) < 4.78 is 2.15. The lowest BCUT2D eigenvalue weighted by Crippen LogP contribution is -2.54. The predicted octanol–water partition coefficient (Wildman–Crippen LogP) is 2.23. The van der Waals surface area contributed by atoms with Crippen molar-refractivity contribution in [3.8, 4) is 0 Å². The van der Waals surface area contributed by atoms with Crippen LogP contribution in [-0.2, 0) is 7.05 Å². The molecule has 0 bridgehead atoms. The van der Waals surface area contributed by atoms with Gasteiger partial charge in [0.25, 0.3) is 0 Å². The van der Waals surface area contributed by atoms with Crippen molar-refractivity contribution in [1.82, 2.24) is 9.88 Å². The Balaban J connectivity index is 1.86. The van der Waals surface area contributed by atoms with E-state index >= 15 is 0 Å². The van der Waals surface area contributed by atoms with Crippen molar-refractivity contribution in [3.05, 3.63) is 24.0 Å². The number of hydrogen-bond donors (Lipinski definition) is 1. The third kappa shape index (κ3) is 1.07. The minimum Gasteiger partial charge on any atom is -0.357 e. The molecule has 1 saturated carbocycles. The number of hydrogen-bond acceptors (Lipinski definition) is 1. The van der Waals surface area contributed by atoms with Crippen LogP contribution < -0.4 is 5.32 Å². The normalized spacial score (nSPS) is 29.4. The van der Waals surface area contributed by atoms with Crippen LogP contribution in [-0.4, -0.2) is 11.1 Å². The molecule has 2 fully saturated rings. The molecular weight excluding hydrogens is 172 g/mol. The Labute approximate surface area is 85.3 Å². The van der Waals surface area contributed by atoms with Crippen molar-refractivity contribution < 1.29 is 0 Å². The Morgan fingerprint density at radius 1 is 1.43 bits per heavy atom. The molecule has 3 rings (SSSR count). The summed E-state index contributed by atoms with van der Waals surface area (Å²) in [5, 5.41) is 3.59. The van der Waals surface area contributed by atoms with Crippen LogP contribution >= 0.6 is 0 Å². The fourth-order valence-corrected chi connectivity index (χ4v) is 3.20. The highest BCUT2D eigenvalue weighted by atomic mass is 15.1. The van der Waals surface area contributed by atoms with Crippen molar-refractivity contribution in [3.63, 3.8) is 0 Å². The molecule has 2 heterocycles. The van der Waals surface area contributed by atoms with Gasteiger partial charge in [-0.25, -0.2) is 0 Å². The lowest BCUT2D eigenvalue weighted by Gasteiger charge is -2.48. The van der Waals surface area contributed by atoms with Crippen molar-refractivity contribution in [2.75, 3.05) is 6.54 Å². The van der Waals surface area contributed by atoms with Gasteiger partial charge in [-0.1, -0.05) is 12.8 Å². The molecule has 1 aromatic heterocycles. The van der Waals surface area contributed by atoms with Gasteiger partial charge in [0.15, 0.2) is 0 Å². The average molecular weight is 190 g/mol. The van der Waals surface area contributed by atoms with Crippen LogP contribution in [0, 0.1) is 5.41 Å². The Morgan fingerprint density at radius 2 is 2.21 bits per heavy atom. The molecule has 2 heteroatoms. The van der Waals surface area contributed by atoms with Crippen LogP contribution in [0.2, 0.25) is 0 Å². The van der Waals surface area contributed by atoms with Gasteiger partial charge in [-0.2, -0.15) is 0 Å². The van der Waals surface area contributed by atoms with E-state index in [0.717, 1.165) is 0 Å². The molecule has 14 heavy (non-hydrogen) atoms. The molecular formula is C12H18N2. The fourth-order valence-electron chi connectivity index (χ4n) is 3.20. The zero-order valence-electron chi connectivity index (χ0n) is 8.79. The highest BCUT2D eigenvalue weighted by Gasteiger charge is 2.48. The molecule has 2 nitrogen and oxygen atoms in total. The number of rotatable bonds is 1. The lowest BCUT2D eigenvalue weighted by molar-refractivity contribution is 0.0894. The van der Waals surface area contributed by atoms with Crippen molar-refractivity contribution in [2.24, 2.45) is 12.5 Å². The van der Waals surface area contributed by atoms with Crippen LogP contribution in [0.5, 0.6) is 0 Å². The third-order valence-electron chi connectivity index (χ3n) is 4.06. The standard InChI is InChI=1S/C12H18N2/c1-14-7-4-10(8-14)11-12(9-13-11)5-2-3-6-12/h4,7-8,11,13H,2-3,5-6,9H2,1H3. The summed E-state index contributed by atoms with van der Waals surface area (Å²) >= 11 is 0. The van der Waals surface area contributed by atoms with E-state index in [4.69, 9.17) is 0 Å². The molecule has 1 N–H and O–H groups in total. The summed E-state index contributed by atoms with van der Waals surface area (Å²) in [6.07, 6.45) is 10.1. The van der Waals surface area contributed by atoms with Crippen LogP contribution in [0.4, 0.5) is 0 Å². The number of nitrogens with zero attached hydrogens (tertiary/aromatic N) is 1. The van der Waals surface area contributed by atoms with E-state index in [1.807, 2.05) is 0 Å². The summed E-state index contributed by atoms with van der Waals surface area (Å²) in [5.74, 6) is 0. The van der Waals surface area contributed by atoms with Crippen molar-refractivity contribution >= 4 is 0 Å². The molecule has 76 valence electrons. The fraction of sp³-hybridized carbons (Fsp3) is 0.667. The van der Waals surface area contributed by atoms with E-state index < -0.39 is 0 Å². The van der Waals surface area contributed by atoms with Crippen LogP contribution in [0.3, 0.4) is 0 Å². The molecule has 2 aliphatic rings. The maximum atomic E-state index is 3.59. The smallest absolute Gasteiger partial charge is 0.0404 e. The summed E-state index contributed by atoms with van der Waals surface area (Å²) in [6, 6.07) is 2.91. The monoisotopic (exact) mass is 190 g/mol. The Kier molecular flexibility index (Phi) is 1.75. The molecule has 1 spiro atoms. The molecule has 1 aliphatic carbocycles. The van der Waals surface area contributed by atoms with Gasteiger partial charge >= 0.3 is 0 Å². The first-order valence-electron chi connectivity index (χ1n) is 5.65. The van der Waals surface area contributed by atoms with Crippen molar-refractivity contribution in [1.29, 1.82) is 0 Å². The van der Waals surface area contributed by atoms with E-state index in [1.165, 1.54) is 37.8 Å². The first-order chi connectivity index (χ1) is 6.80. The van der Waals surface area contributed by atoms with Crippen LogP contribution in [0.15, 0.2) is 18.5 Å². The summed E-state index contributed by atoms with van der Waals surface area (Å²) in [7, 11) is 2.10. The van der Waals surface area contributed by atoms with Gasteiger partial charge in [-0.15, -0.1) is 0 Å². The maximum absolute atomic E-state index is 3.59. The van der Waals surface area contributed by atoms with Gasteiger partial charge in [-0.05, 0) is 24.5 Å². The van der Waals surface area contributed by atoms with E-state index in [-0.39, 0.29) is 0 Å². The molecule has 1 unspecified atom stereocenters. The topological polar surface area (TPSA) is 17.0 Å². The van der Waals surface area contributed by atoms with Crippen LogP contribution in [0.25, 0.3) is 0 Å². The minimum atomic E-state index is 0.626. The second-order valence-electron chi connectivity index (χ2n) is 4.99. The molecule has 1 saturated heterocycles. The van der Waals surface area contributed by atoms with E-state index in [1.54, 1.807) is 0 Å². The highest BCUT2D eigenvalue weighted by Crippen LogP contribution is 2.52. The van der Waals surface area contributed by atoms with Gasteiger partial charge in [0.05, 0.1) is 0 Å². The first-order valence-corrected chi connectivity index (χ1v) is 5.65. The zero-order valence-corrected chi connectivity index (χ0v) is 8.79.